The van der Waals surface area contributed by atoms with Crippen LogP contribution in [0.2, 0.25) is 0 Å². The second kappa shape index (κ2) is 14.7. The number of hydrogen-bond acceptors (Lipinski definition) is 3. The van der Waals surface area contributed by atoms with E-state index in [0.29, 0.717) is 0 Å². The Morgan fingerprint density at radius 2 is 1.18 bits per heavy atom. The minimum atomic E-state index is 0.790. The van der Waals surface area contributed by atoms with Gasteiger partial charge in [-0.1, -0.05) is 102 Å². The fraction of sp³-hybridized carbons (Fsp3) is 0.516. The highest BCUT2D eigenvalue weighted by molar-refractivity contribution is 5.65. The number of pyridine rings is 1. The summed E-state index contributed by atoms with van der Waals surface area (Å²) in [6.07, 6.45) is 21.3. The average molecular weight is 458 g/mol. The second-order valence-electron chi connectivity index (χ2n) is 10.1. The molecule has 34 heavy (non-hydrogen) atoms. The van der Waals surface area contributed by atoms with Gasteiger partial charge < -0.3 is 0 Å². The lowest BCUT2D eigenvalue weighted by Gasteiger charge is -2.06. The Morgan fingerprint density at radius 3 is 1.79 bits per heavy atom. The molecule has 3 heteroatoms. The van der Waals surface area contributed by atoms with Gasteiger partial charge in [0.1, 0.15) is 0 Å². The molecule has 3 rings (SSSR count). The summed E-state index contributed by atoms with van der Waals surface area (Å²) in [5.74, 6) is 1.61. The summed E-state index contributed by atoms with van der Waals surface area (Å²) in [5, 5.41) is 0. The Morgan fingerprint density at radius 1 is 0.588 bits per heavy atom. The van der Waals surface area contributed by atoms with Gasteiger partial charge in [-0.3, -0.25) is 4.98 Å². The monoisotopic (exact) mass is 457 g/mol. The van der Waals surface area contributed by atoms with Crippen LogP contribution in [-0.2, 0) is 12.8 Å². The maximum atomic E-state index is 4.70. The molecule has 1 aromatic carbocycles. The Hall–Kier alpha value is -2.55. The average Bonchev–Trinajstić information content (AvgIpc) is 2.87. The van der Waals surface area contributed by atoms with Crippen LogP contribution in [0.15, 0.2) is 55.0 Å². The Kier molecular flexibility index (Phi) is 11.2. The summed E-state index contributed by atoms with van der Waals surface area (Å²) in [6, 6.07) is 12.8. The first kappa shape index (κ1) is 26.1. The first-order valence-electron chi connectivity index (χ1n) is 13.5. The molecule has 3 aromatic rings. The van der Waals surface area contributed by atoms with Gasteiger partial charge in [-0.25, -0.2) is 9.97 Å². The molecule has 0 fully saturated rings. The van der Waals surface area contributed by atoms with Crippen molar-refractivity contribution in [2.24, 2.45) is 5.92 Å². The van der Waals surface area contributed by atoms with Gasteiger partial charge in [0, 0.05) is 29.7 Å². The molecule has 2 heterocycles. The highest BCUT2D eigenvalue weighted by atomic mass is 14.9. The van der Waals surface area contributed by atoms with Gasteiger partial charge in [0.2, 0.25) is 0 Å². The maximum Gasteiger partial charge on any atom is 0.159 e. The highest BCUT2D eigenvalue weighted by Gasteiger charge is 2.05. The maximum absolute atomic E-state index is 4.70. The molecule has 0 N–H and O–H groups in total. The summed E-state index contributed by atoms with van der Waals surface area (Å²) in [5.41, 5.74) is 5.77. The fourth-order valence-corrected chi connectivity index (χ4v) is 4.33. The van der Waals surface area contributed by atoms with Crippen LogP contribution in [0.25, 0.3) is 22.6 Å². The number of benzene rings is 1. The molecule has 0 saturated heterocycles. The molecule has 0 aliphatic rings. The van der Waals surface area contributed by atoms with E-state index < -0.39 is 0 Å². The number of unbranched alkanes of at least 4 members (excludes halogenated alkanes) is 7. The smallest absolute Gasteiger partial charge is 0.159 e. The lowest BCUT2D eigenvalue weighted by molar-refractivity contribution is 0.520. The van der Waals surface area contributed by atoms with Crippen molar-refractivity contribution in [2.45, 2.75) is 97.8 Å². The van der Waals surface area contributed by atoms with Crippen molar-refractivity contribution in [2.75, 3.05) is 0 Å². The van der Waals surface area contributed by atoms with Crippen LogP contribution in [0.4, 0.5) is 0 Å². The minimum Gasteiger partial charge on any atom is -0.256 e. The topological polar surface area (TPSA) is 38.7 Å². The van der Waals surface area contributed by atoms with Crippen LogP contribution in [0, 0.1) is 5.92 Å². The molecule has 0 aliphatic carbocycles. The third-order valence-corrected chi connectivity index (χ3v) is 6.53. The Balaban J connectivity index is 1.46. The van der Waals surface area contributed by atoms with Crippen LogP contribution in [0.1, 0.15) is 96.1 Å². The zero-order valence-electron chi connectivity index (χ0n) is 21.6. The summed E-state index contributed by atoms with van der Waals surface area (Å²) < 4.78 is 0. The Labute approximate surface area is 207 Å². The number of aromatic nitrogens is 3. The van der Waals surface area contributed by atoms with Gasteiger partial charge in [-0.15, -0.1) is 0 Å². The van der Waals surface area contributed by atoms with Crippen molar-refractivity contribution in [3.05, 3.63) is 66.1 Å². The van der Waals surface area contributed by atoms with Crippen LogP contribution in [0.3, 0.4) is 0 Å². The number of aryl methyl sites for hydroxylation is 2. The molecule has 0 saturated carbocycles. The fourth-order valence-electron chi connectivity index (χ4n) is 4.33. The molecular weight excluding hydrogens is 414 g/mol. The van der Waals surface area contributed by atoms with Crippen LogP contribution in [-0.4, -0.2) is 15.0 Å². The van der Waals surface area contributed by atoms with Crippen molar-refractivity contribution in [3.8, 4) is 22.6 Å². The minimum absolute atomic E-state index is 0.790. The summed E-state index contributed by atoms with van der Waals surface area (Å²) >= 11 is 0. The van der Waals surface area contributed by atoms with E-state index in [0.717, 1.165) is 41.4 Å². The van der Waals surface area contributed by atoms with E-state index in [9.17, 15) is 0 Å². The second-order valence-corrected chi connectivity index (χ2v) is 10.1. The van der Waals surface area contributed by atoms with Crippen molar-refractivity contribution in [1.29, 1.82) is 0 Å². The lowest BCUT2D eigenvalue weighted by Crippen LogP contribution is -1.94. The standard InChI is InChI=1S/C31H43N3/c1-4-5-6-7-11-14-26-16-21-30(32-22-26)28-17-19-29(20-18-28)31-33-23-27(24-34-31)15-12-9-8-10-13-25(2)3/h16-25H,4-15H2,1-3H3. The first-order valence-corrected chi connectivity index (χ1v) is 13.5. The molecule has 0 unspecified atom stereocenters. The molecule has 0 spiro atoms. The molecule has 3 nitrogen and oxygen atoms in total. The van der Waals surface area contributed by atoms with E-state index >= 15 is 0 Å². The van der Waals surface area contributed by atoms with Crippen LogP contribution < -0.4 is 0 Å². The zero-order valence-corrected chi connectivity index (χ0v) is 21.6. The van der Waals surface area contributed by atoms with Gasteiger partial charge in [0.05, 0.1) is 5.69 Å². The summed E-state index contributed by atoms with van der Waals surface area (Å²) in [4.78, 5) is 13.9. The van der Waals surface area contributed by atoms with E-state index in [-0.39, 0.29) is 0 Å². The predicted molar refractivity (Wildman–Crippen MR) is 145 cm³/mol. The van der Waals surface area contributed by atoms with E-state index in [1.54, 1.807) is 0 Å². The molecular formula is C31H43N3. The highest BCUT2D eigenvalue weighted by Crippen LogP contribution is 2.22. The molecule has 0 atom stereocenters. The predicted octanol–water partition coefficient (Wildman–Crippen LogP) is 8.87. The number of rotatable bonds is 15. The third kappa shape index (κ3) is 9.00. The van der Waals surface area contributed by atoms with Gasteiger partial charge in [0.25, 0.3) is 0 Å². The lowest BCUT2D eigenvalue weighted by atomic mass is 10.0. The van der Waals surface area contributed by atoms with E-state index in [2.05, 4.69) is 67.1 Å². The van der Waals surface area contributed by atoms with Crippen molar-refractivity contribution in [3.63, 3.8) is 0 Å². The van der Waals surface area contributed by atoms with Gasteiger partial charge in [-0.05, 0) is 48.8 Å². The van der Waals surface area contributed by atoms with Crippen molar-refractivity contribution in [1.82, 2.24) is 15.0 Å². The molecule has 2 aromatic heterocycles. The summed E-state index contributed by atoms with van der Waals surface area (Å²) in [7, 11) is 0. The summed E-state index contributed by atoms with van der Waals surface area (Å²) in [6.45, 7) is 6.87. The number of nitrogens with zero attached hydrogens (tertiary/aromatic N) is 3. The normalized spacial score (nSPS) is 11.3. The van der Waals surface area contributed by atoms with E-state index in [1.165, 1.54) is 75.3 Å². The van der Waals surface area contributed by atoms with Gasteiger partial charge >= 0.3 is 0 Å². The van der Waals surface area contributed by atoms with Crippen LogP contribution in [0.5, 0.6) is 0 Å². The molecule has 0 aliphatic heterocycles. The van der Waals surface area contributed by atoms with Gasteiger partial charge in [0.15, 0.2) is 5.82 Å². The van der Waals surface area contributed by atoms with E-state index in [4.69, 9.17) is 4.98 Å². The largest absolute Gasteiger partial charge is 0.256 e. The van der Waals surface area contributed by atoms with Crippen molar-refractivity contribution >= 4 is 0 Å². The van der Waals surface area contributed by atoms with Crippen LogP contribution >= 0.6 is 0 Å². The molecule has 182 valence electrons. The molecule has 0 amide bonds. The molecule has 0 bridgehead atoms. The first-order chi connectivity index (χ1) is 16.7. The third-order valence-electron chi connectivity index (χ3n) is 6.53. The molecule has 0 radical (unpaired) electrons. The number of hydrogen-bond donors (Lipinski definition) is 0. The zero-order chi connectivity index (χ0) is 24.0. The Bertz CT molecular complexity index is 928. The SMILES string of the molecule is CCCCCCCc1ccc(-c2ccc(-c3ncc(CCCCCCC(C)C)cn3)cc2)nc1. The van der Waals surface area contributed by atoms with Crippen molar-refractivity contribution < 1.29 is 0 Å². The quantitative estimate of drug-likeness (QED) is 0.214. The van der Waals surface area contributed by atoms with Gasteiger partial charge in [-0.2, -0.15) is 0 Å². The van der Waals surface area contributed by atoms with E-state index in [1.807, 2.05) is 18.6 Å².